The zero-order valence-corrected chi connectivity index (χ0v) is 11.1. The summed E-state index contributed by atoms with van der Waals surface area (Å²) in [4.78, 5) is 11.4. The number of nitrogen functional groups attached to an aromatic ring is 1. The second-order valence-corrected chi connectivity index (χ2v) is 5.21. The second-order valence-electron chi connectivity index (χ2n) is 4.19. The van der Waals surface area contributed by atoms with Crippen LogP contribution in [0.3, 0.4) is 0 Å². The highest BCUT2D eigenvalue weighted by atomic mass is 32.1. The Morgan fingerprint density at radius 2 is 1.89 bits per heavy atom. The van der Waals surface area contributed by atoms with E-state index in [1.54, 1.807) is 6.92 Å². The molecule has 0 amide bonds. The molecule has 0 aliphatic carbocycles. The van der Waals surface area contributed by atoms with Crippen LogP contribution in [0.4, 0.5) is 14.5 Å². The molecule has 1 aromatic heterocycles. The van der Waals surface area contributed by atoms with Crippen molar-refractivity contribution in [1.29, 1.82) is 0 Å². The number of thiophene rings is 1. The highest BCUT2D eigenvalue weighted by Crippen LogP contribution is 2.39. The minimum Gasteiger partial charge on any atom is -0.477 e. The van der Waals surface area contributed by atoms with Gasteiger partial charge in [0.05, 0.1) is 5.69 Å². The maximum absolute atomic E-state index is 13.8. The summed E-state index contributed by atoms with van der Waals surface area (Å²) in [5.41, 5.74) is 6.76. The molecule has 2 rings (SSSR count). The van der Waals surface area contributed by atoms with Gasteiger partial charge in [-0.15, -0.1) is 11.3 Å². The summed E-state index contributed by atoms with van der Waals surface area (Å²) in [7, 11) is 0. The van der Waals surface area contributed by atoms with Crippen LogP contribution in [0.25, 0.3) is 10.4 Å². The fourth-order valence-corrected chi connectivity index (χ4v) is 2.86. The van der Waals surface area contributed by atoms with E-state index in [2.05, 4.69) is 0 Å². The smallest absolute Gasteiger partial charge is 0.348 e. The molecule has 1 aromatic carbocycles. The molecule has 2 aromatic rings. The first kappa shape index (κ1) is 13.5. The van der Waals surface area contributed by atoms with E-state index in [1.807, 2.05) is 0 Å². The van der Waals surface area contributed by atoms with Crippen LogP contribution in [0.15, 0.2) is 12.1 Å². The van der Waals surface area contributed by atoms with Gasteiger partial charge >= 0.3 is 5.97 Å². The van der Waals surface area contributed by atoms with Crippen molar-refractivity contribution in [3.05, 3.63) is 39.8 Å². The number of aryl methyl sites for hydroxylation is 1. The lowest BCUT2D eigenvalue weighted by Gasteiger charge is -2.05. The number of anilines is 1. The molecular weight excluding hydrogens is 272 g/mol. The molecular formula is C13H11F2NO2S. The number of benzene rings is 1. The zero-order valence-electron chi connectivity index (χ0n) is 10.3. The number of nitrogens with two attached hydrogens (primary N) is 1. The molecule has 0 bridgehead atoms. The molecule has 0 aliphatic rings. The van der Waals surface area contributed by atoms with Gasteiger partial charge in [0.25, 0.3) is 0 Å². The molecule has 0 atom stereocenters. The van der Waals surface area contributed by atoms with Gasteiger partial charge in [0.2, 0.25) is 0 Å². The lowest BCUT2D eigenvalue weighted by molar-refractivity contribution is 0.0703. The predicted octanol–water partition coefficient (Wildman–Crippen LogP) is 3.59. The van der Waals surface area contributed by atoms with Gasteiger partial charge < -0.3 is 10.8 Å². The van der Waals surface area contributed by atoms with E-state index in [0.29, 0.717) is 16.0 Å². The first-order valence-corrected chi connectivity index (χ1v) is 6.22. The molecule has 100 valence electrons. The molecule has 0 saturated heterocycles. The van der Waals surface area contributed by atoms with E-state index < -0.39 is 17.6 Å². The van der Waals surface area contributed by atoms with Crippen LogP contribution in [0, 0.1) is 25.5 Å². The third-order valence-electron chi connectivity index (χ3n) is 2.88. The first-order chi connectivity index (χ1) is 8.82. The molecule has 3 N–H and O–H groups in total. The Balaban J connectivity index is 2.69. The van der Waals surface area contributed by atoms with E-state index in [1.165, 1.54) is 13.0 Å². The normalized spacial score (nSPS) is 10.7. The Labute approximate surface area is 112 Å². The highest BCUT2D eigenvalue weighted by molar-refractivity contribution is 7.18. The van der Waals surface area contributed by atoms with Gasteiger partial charge in [0.1, 0.15) is 16.5 Å². The third-order valence-corrected chi connectivity index (χ3v) is 4.21. The summed E-state index contributed by atoms with van der Waals surface area (Å²) in [5, 5.41) is 9.00. The molecule has 19 heavy (non-hydrogen) atoms. The number of carboxylic acid groups (broad SMARTS) is 1. The van der Waals surface area contributed by atoms with Crippen LogP contribution >= 0.6 is 11.3 Å². The van der Waals surface area contributed by atoms with Crippen LogP contribution in [0.2, 0.25) is 0 Å². The standard InChI is InChI=1S/C13H11F2NO2S/c1-5-3-7(9(15)4-8(5)14)11-6(2)10(16)12(19-11)13(17)18/h3-4H,16H2,1-2H3,(H,17,18). The van der Waals surface area contributed by atoms with Gasteiger partial charge in [-0.2, -0.15) is 0 Å². The monoisotopic (exact) mass is 283 g/mol. The van der Waals surface area contributed by atoms with Crippen molar-refractivity contribution in [2.45, 2.75) is 13.8 Å². The Bertz CT molecular complexity index is 680. The van der Waals surface area contributed by atoms with E-state index in [-0.39, 0.29) is 16.1 Å². The van der Waals surface area contributed by atoms with Crippen LogP contribution < -0.4 is 5.73 Å². The summed E-state index contributed by atoms with van der Waals surface area (Å²) in [5.74, 6) is -2.53. The minimum absolute atomic E-state index is 0.0334. The Morgan fingerprint density at radius 3 is 2.42 bits per heavy atom. The second kappa shape index (κ2) is 4.62. The predicted molar refractivity (Wildman–Crippen MR) is 70.5 cm³/mol. The average molecular weight is 283 g/mol. The van der Waals surface area contributed by atoms with Crippen LogP contribution in [-0.2, 0) is 0 Å². The lowest BCUT2D eigenvalue weighted by Crippen LogP contribution is -1.97. The maximum Gasteiger partial charge on any atom is 0.348 e. The van der Waals surface area contributed by atoms with Gasteiger partial charge in [-0.05, 0) is 31.0 Å². The van der Waals surface area contributed by atoms with Gasteiger partial charge in [-0.3, -0.25) is 0 Å². The maximum atomic E-state index is 13.8. The quantitative estimate of drug-likeness (QED) is 0.885. The van der Waals surface area contributed by atoms with Crippen molar-refractivity contribution in [3.8, 4) is 10.4 Å². The topological polar surface area (TPSA) is 63.3 Å². The van der Waals surface area contributed by atoms with Gasteiger partial charge in [-0.25, -0.2) is 13.6 Å². The van der Waals surface area contributed by atoms with Crippen molar-refractivity contribution in [3.63, 3.8) is 0 Å². The van der Waals surface area contributed by atoms with Crippen molar-refractivity contribution in [1.82, 2.24) is 0 Å². The molecule has 0 fully saturated rings. The van der Waals surface area contributed by atoms with E-state index in [9.17, 15) is 13.6 Å². The summed E-state index contributed by atoms with van der Waals surface area (Å²) in [6, 6.07) is 2.15. The van der Waals surface area contributed by atoms with E-state index in [4.69, 9.17) is 10.8 Å². The van der Waals surface area contributed by atoms with Crippen LogP contribution in [0.5, 0.6) is 0 Å². The molecule has 0 radical (unpaired) electrons. The summed E-state index contributed by atoms with van der Waals surface area (Å²) < 4.78 is 27.0. The van der Waals surface area contributed by atoms with E-state index >= 15 is 0 Å². The number of hydrogen-bond donors (Lipinski definition) is 2. The number of carbonyl (C=O) groups is 1. The Kier molecular flexibility index (Phi) is 3.28. The van der Waals surface area contributed by atoms with E-state index in [0.717, 1.165) is 17.4 Å². The fraction of sp³-hybridized carbons (Fsp3) is 0.154. The van der Waals surface area contributed by atoms with Crippen molar-refractivity contribution in [2.75, 3.05) is 5.73 Å². The van der Waals surface area contributed by atoms with Gasteiger partial charge in [0, 0.05) is 16.5 Å². The summed E-state index contributed by atoms with van der Waals surface area (Å²) >= 11 is 0.889. The number of rotatable bonds is 2. The molecule has 3 nitrogen and oxygen atoms in total. The van der Waals surface area contributed by atoms with Crippen molar-refractivity contribution in [2.24, 2.45) is 0 Å². The third kappa shape index (κ3) is 2.19. The minimum atomic E-state index is -1.16. The molecule has 0 aliphatic heterocycles. The lowest BCUT2D eigenvalue weighted by atomic mass is 10.1. The van der Waals surface area contributed by atoms with Crippen molar-refractivity contribution >= 4 is 23.0 Å². The van der Waals surface area contributed by atoms with Gasteiger partial charge in [-0.1, -0.05) is 0 Å². The number of halogens is 2. The molecule has 0 saturated carbocycles. The Morgan fingerprint density at radius 1 is 1.26 bits per heavy atom. The van der Waals surface area contributed by atoms with Crippen LogP contribution in [0.1, 0.15) is 20.8 Å². The largest absolute Gasteiger partial charge is 0.477 e. The van der Waals surface area contributed by atoms with Gasteiger partial charge in [0.15, 0.2) is 0 Å². The SMILES string of the molecule is Cc1cc(-c2sc(C(=O)O)c(N)c2C)c(F)cc1F. The molecule has 0 spiro atoms. The number of aromatic carboxylic acids is 1. The average Bonchev–Trinajstić information content (AvgIpc) is 2.62. The van der Waals surface area contributed by atoms with Crippen LogP contribution in [-0.4, -0.2) is 11.1 Å². The number of carboxylic acids is 1. The highest BCUT2D eigenvalue weighted by Gasteiger charge is 2.21. The first-order valence-electron chi connectivity index (χ1n) is 5.41. The molecule has 1 heterocycles. The summed E-state index contributed by atoms with van der Waals surface area (Å²) in [6.45, 7) is 3.13. The van der Waals surface area contributed by atoms with Crippen molar-refractivity contribution < 1.29 is 18.7 Å². The number of hydrogen-bond acceptors (Lipinski definition) is 3. The molecule has 0 unspecified atom stereocenters. The summed E-state index contributed by atoms with van der Waals surface area (Å²) in [6.07, 6.45) is 0. The fourth-order valence-electron chi connectivity index (χ4n) is 1.77. The zero-order chi connectivity index (χ0) is 14.3. The Hall–Kier alpha value is -1.95. The molecule has 6 heteroatoms.